The Kier molecular flexibility index (Phi) is 4.43. The molecule has 3 heterocycles. The standard InChI is InChI=1S/C22H20N4O3S/c1-3-29-15-8-9-17-16(10-15)18(20(27)24-17)19-21(28)26-12-25(11-23-22(26)30-19)14-6-4-13(2)5-7-14/h4-10H,3,11-12H2,1-2H3,(H,24,27). The van der Waals surface area contributed by atoms with Crippen LogP contribution < -0.4 is 29.8 Å². The second kappa shape index (κ2) is 7.14. The number of anilines is 2. The Hall–Kier alpha value is -3.39. The van der Waals surface area contributed by atoms with Gasteiger partial charge in [0.25, 0.3) is 11.5 Å². The van der Waals surface area contributed by atoms with E-state index in [0.717, 1.165) is 5.69 Å². The average molecular weight is 420 g/mol. The van der Waals surface area contributed by atoms with E-state index in [1.165, 1.54) is 16.9 Å². The van der Waals surface area contributed by atoms with Crippen molar-refractivity contribution in [1.29, 1.82) is 0 Å². The van der Waals surface area contributed by atoms with Crippen LogP contribution in [0, 0.1) is 6.92 Å². The molecule has 2 aliphatic heterocycles. The first-order valence-electron chi connectivity index (χ1n) is 9.74. The number of ether oxygens (including phenoxy) is 1. The monoisotopic (exact) mass is 420 g/mol. The zero-order valence-corrected chi connectivity index (χ0v) is 17.5. The van der Waals surface area contributed by atoms with Crippen LogP contribution in [0.15, 0.2) is 52.3 Å². The van der Waals surface area contributed by atoms with Crippen molar-refractivity contribution in [3.63, 3.8) is 0 Å². The number of thiazole rings is 1. The molecule has 0 unspecified atom stereocenters. The normalized spacial score (nSPS) is 16.6. The van der Waals surface area contributed by atoms with Crippen LogP contribution >= 0.6 is 11.3 Å². The Morgan fingerprint density at radius 1 is 1.17 bits per heavy atom. The molecule has 2 aliphatic rings. The van der Waals surface area contributed by atoms with E-state index >= 15 is 0 Å². The fourth-order valence-corrected chi connectivity index (χ4v) is 4.77. The van der Waals surface area contributed by atoms with Crippen molar-refractivity contribution in [3.05, 3.63) is 73.3 Å². The lowest BCUT2D eigenvalue weighted by Crippen LogP contribution is -2.43. The molecule has 0 saturated heterocycles. The summed E-state index contributed by atoms with van der Waals surface area (Å²) in [7, 11) is 0. The van der Waals surface area contributed by atoms with E-state index in [0.29, 0.717) is 51.9 Å². The molecule has 5 rings (SSSR count). The molecule has 0 saturated carbocycles. The number of nitrogens with zero attached hydrogens (tertiary/aromatic N) is 3. The number of rotatable bonds is 3. The Balaban J connectivity index is 1.62. The van der Waals surface area contributed by atoms with E-state index in [4.69, 9.17) is 4.74 Å². The van der Waals surface area contributed by atoms with Gasteiger partial charge < -0.3 is 15.0 Å². The van der Waals surface area contributed by atoms with Gasteiger partial charge in [0, 0.05) is 16.9 Å². The topological polar surface area (TPSA) is 75.9 Å². The number of hydrogen-bond acceptors (Lipinski definition) is 6. The lowest BCUT2D eigenvalue weighted by atomic mass is 10.1. The summed E-state index contributed by atoms with van der Waals surface area (Å²) >= 11 is 1.26. The number of nitrogens with one attached hydrogen (secondary N) is 1. The fourth-order valence-electron chi connectivity index (χ4n) is 3.71. The minimum atomic E-state index is -0.273. The van der Waals surface area contributed by atoms with Crippen LogP contribution in [0.25, 0.3) is 5.57 Å². The van der Waals surface area contributed by atoms with Crippen LogP contribution in [-0.4, -0.2) is 23.7 Å². The third-order valence-electron chi connectivity index (χ3n) is 5.23. The molecular weight excluding hydrogens is 400 g/mol. The van der Waals surface area contributed by atoms with Gasteiger partial charge in [-0.2, -0.15) is 0 Å². The van der Waals surface area contributed by atoms with E-state index in [1.807, 2.05) is 55.1 Å². The highest BCUT2D eigenvalue weighted by molar-refractivity contribution is 7.07. The molecule has 7 nitrogen and oxygen atoms in total. The molecule has 0 radical (unpaired) electrons. The smallest absolute Gasteiger partial charge is 0.272 e. The van der Waals surface area contributed by atoms with Crippen LogP contribution in [-0.2, 0) is 11.5 Å². The molecule has 0 spiro atoms. The van der Waals surface area contributed by atoms with Gasteiger partial charge in [-0.3, -0.25) is 14.2 Å². The number of fused-ring (bicyclic) bond motifs is 2. The quantitative estimate of drug-likeness (QED) is 0.701. The average Bonchev–Trinajstić information content (AvgIpc) is 3.24. The van der Waals surface area contributed by atoms with Crippen LogP contribution in [0.2, 0.25) is 0 Å². The molecule has 1 amide bonds. The summed E-state index contributed by atoms with van der Waals surface area (Å²) in [4.78, 5) is 33.2. The summed E-state index contributed by atoms with van der Waals surface area (Å²) in [6, 6.07) is 13.6. The molecule has 8 heteroatoms. The van der Waals surface area contributed by atoms with Crippen molar-refractivity contribution >= 4 is 34.2 Å². The summed E-state index contributed by atoms with van der Waals surface area (Å²) in [6.07, 6.45) is 0. The maximum Gasteiger partial charge on any atom is 0.272 e. The molecule has 0 aliphatic carbocycles. The fraction of sp³-hybridized carbons (Fsp3) is 0.227. The Bertz CT molecular complexity index is 1340. The molecule has 0 bridgehead atoms. The summed E-state index contributed by atoms with van der Waals surface area (Å²) in [5, 5.41) is 2.85. The van der Waals surface area contributed by atoms with Gasteiger partial charge in [0.05, 0.1) is 12.2 Å². The van der Waals surface area contributed by atoms with Gasteiger partial charge in [0.2, 0.25) is 0 Å². The minimum Gasteiger partial charge on any atom is -0.494 e. The molecule has 152 valence electrons. The minimum absolute atomic E-state index is 0.199. The first kappa shape index (κ1) is 18.6. The molecule has 0 atom stereocenters. The highest BCUT2D eigenvalue weighted by Crippen LogP contribution is 2.33. The molecule has 30 heavy (non-hydrogen) atoms. The lowest BCUT2D eigenvalue weighted by molar-refractivity contribution is -0.110. The second-order valence-electron chi connectivity index (χ2n) is 7.23. The van der Waals surface area contributed by atoms with Crippen LogP contribution in [0.5, 0.6) is 5.75 Å². The highest BCUT2D eigenvalue weighted by Gasteiger charge is 2.28. The van der Waals surface area contributed by atoms with Crippen LogP contribution in [0.4, 0.5) is 11.4 Å². The van der Waals surface area contributed by atoms with Crippen molar-refractivity contribution in [2.24, 2.45) is 4.99 Å². The largest absolute Gasteiger partial charge is 0.494 e. The van der Waals surface area contributed by atoms with Crippen molar-refractivity contribution in [1.82, 2.24) is 4.57 Å². The molecule has 3 aromatic rings. The lowest BCUT2D eigenvalue weighted by Gasteiger charge is -2.25. The van der Waals surface area contributed by atoms with Gasteiger partial charge in [-0.25, -0.2) is 4.99 Å². The predicted octanol–water partition coefficient (Wildman–Crippen LogP) is 1.82. The zero-order chi connectivity index (χ0) is 20.8. The van der Waals surface area contributed by atoms with E-state index < -0.39 is 0 Å². The first-order valence-corrected chi connectivity index (χ1v) is 10.6. The molecule has 2 aromatic carbocycles. The van der Waals surface area contributed by atoms with Gasteiger partial charge in [-0.05, 0) is 44.2 Å². The number of carbonyl (C=O) groups excluding carboxylic acids is 1. The van der Waals surface area contributed by atoms with Gasteiger partial charge in [0.15, 0.2) is 4.80 Å². The highest BCUT2D eigenvalue weighted by atomic mass is 32.1. The zero-order valence-electron chi connectivity index (χ0n) is 16.6. The van der Waals surface area contributed by atoms with Crippen molar-refractivity contribution < 1.29 is 9.53 Å². The summed E-state index contributed by atoms with van der Waals surface area (Å²) in [6.45, 7) is 5.34. The SMILES string of the molecule is CCOc1ccc2c(c1)C(=c1sc3n(c1=O)CN(c1ccc(C)cc1)CN=3)C(=O)N2. The van der Waals surface area contributed by atoms with Crippen molar-refractivity contribution in [3.8, 4) is 5.75 Å². The number of amides is 1. The van der Waals surface area contributed by atoms with Gasteiger partial charge in [-0.15, -0.1) is 0 Å². The number of benzene rings is 2. The van der Waals surface area contributed by atoms with Crippen molar-refractivity contribution in [2.75, 3.05) is 23.5 Å². The number of carbonyl (C=O) groups is 1. The molecule has 0 fully saturated rings. The second-order valence-corrected chi connectivity index (χ2v) is 8.21. The van der Waals surface area contributed by atoms with Gasteiger partial charge >= 0.3 is 0 Å². The molecular formula is C22H20N4O3S. The number of aromatic nitrogens is 1. The molecule has 1 N–H and O–H groups in total. The first-order chi connectivity index (χ1) is 14.5. The number of hydrogen-bond donors (Lipinski definition) is 1. The third-order valence-corrected chi connectivity index (χ3v) is 6.34. The van der Waals surface area contributed by atoms with Crippen molar-refractivity contribution in [2.45, 2.75) is 20.5 Å². The van der Waals surface area contributed by atoms with Gasteiger partial charge in [-0.1, -0.05) is 29.0 Å². The molecule has 1 aromatic heterocycles. The maximum absolute atomic E-state index is 13.3. The van der Waals surface area contributed by atoms with E-state index in [-0.39, 0.29) is 11.5 Å². The van der Waals surface area contributed by atoms with E-state index in [2.05, 4.69) is 10.3 Å². The van der Waals surface area contributed by atoms with E-state index in [1.54, 1.807) is 10.6 Å². The Labute approximate surface area is 176 Å². The van der Waals surface area contributed by atoms with Crippen LogP contribution in [0.1, 0.15) is 18.1 Å². The van der Waals surface area contributed by atoms with Gasteiger partial charge in [0.1, 0.15) is 23.6 Å². The third kappa shape index (κ3) is 3.00. The Morgan fingerprint density at radius 2 is 1.97 bits per heavy atom. The predicted molar refractivity (Wildman–Crippen MR) is 117 cm³/mol. The summed E-state index contributed by atoms with van der Waals surface area (Å²) in [5.41, 5.74) is 3.76. The summed E-state index contributed by atoms with van der Waals surface area (Å²) in [5.74, 6) is 0.396. The van der Waals surface area contributed by atoms with Crippen LogP contribution in [0.3, 0.4) is 0 Å². The Morgan fingerprint density at radius 3 is 2.73 bits per heavy atom. The maximum atomic E-state index is 13.3. The number of aryl methyl sites for hydroxylation is 1. The van der Waals surface area contributed by atoms with E-state index in [9.17, 15) is 9.59 Å². The summed E-state index contributed by atoms with van der Waals surface area (Å²) < 4.78 is 7.62.